The van der Waals surface area contributed by atoms with E-state index >= 15 is 0 Å². The number of fused-ring (bicyclic) bond motifs is 1. The van der Waals surface area contributed by atoms with Crippen molar-refractivity contribution < 1.29 is 9.59 Å². The summed E-state index contributed by atoms with van der Waals surface area (Å²) in [5.41, 5.74) is 2.02. The quantitative estimate of drug-likeness (QED) is 0.862. The number of piperidine rings is 1. The third kappa shape index (κ3) is 3.16. The van der Waals surface area contributed by atoms with E-state index in [-0.39, 0.29) is 11.8 Å². The first-order valence-corrected chi connectivity index (χ1v) is 8.93. The lowest BCUT2D eigenvalue weighted by Crippen LogP contribution is -2.39. The third-order valence-electron chi connectivity index (χ3n) is 4.95. The number of carbonyl (C=O) groups is 2. The van der Waals surface area contributed by atoms with Crippen molar-refractivity contribution in [1.29, 1.82) is 0 Å². The molecule has 0 radical (unpaired) electrons. The van der Waals surface area contributed by atoms with Crippen LogP contribution in [-0.2, 0) is 13.1 Å². The van der Waals surface area contributed by atoms with Gasteiger partial charge in [0.1, 0.15) is 5.69 Å². The maximum Gasteiger partial charge on any atom is 0.274 e. The lowest BCUT2D eigenvalue weighted by Gasteiger charge is -2.27. The van der Waals surface area contributed by atoms with Crippen molar-refractivity contribution >= 4 is 11.8 Å². The van der Waals surface area contributed by atoms with Crippen molar-refractivity contribution in [1.82, 2.24) is 19.6 Å². The maximum atomic E-state index is 12.8. The van der Waals surface area contributed by atoms with Gasteiger partial charge in [0.15, 0.2) is 5.69 Å². The van der Waals surface area contributed by atoms with Gasteiger partial charge in [-0.15, -0.1) is 0 Å². The molecule has 0 N–H and O–H groups in total. The second-order valence-electron chi connectivity index (χ2n) is 6.70. The molecule has 6 nitrogen and oxygen atoms in total. The number of likely N-dealkylation sites (tertiary alicyclic amines) is 1. The van der Waals surface area contributed by atoms with Gasteiger partial charge >= 0.3 is 0 Å². The predicted molar refractivity (Wildman–Crippen MR) is 93.2 cm³/mol. The molecule has 0 bridgehead atoms. The monoisotopic (exact) mass is 338 g/mol. The van der Waals surface area contributed by atoms with Crippen molar-refractivity contribution in [3.63, 3.8) is 0 Å². The van der Waals surface area contributed by atoms with Crippen molar-refractivity contribution in [2.24, 2.45) is 0 Å². The number of nitrogens with zero attached hydrogens (tertiary/aromatic N) is 4. The minimum Gasteiger partial charge on any atom is -0.337 e. The average molecular weight is 338 g/mol. The molecular weight excluding hydrogens is 316 g/mol. The summed E-state index contributed by atoms with van der Waals surface area (Å²) in [6.45, 7) is 3.39. The van der Waals surface area contributed by atoms with Crippen molar-refractivity contribution in [3.8, 4) is 0 Å². The zero-order chi connectivity index (χ0) is 17.2. The first-order valence-electron chi connectivity index (χ1n) is 8.93. The molecule has 0 saturated carbocycles. The normalized spacial score (nSPS) is 17.5. The molecule has 25 heavy (non-hydrogen) atoms. The Kier molecular flexibility index (Phi) is 4.26. The molecule has 1 fully saturated rings. The van der Waals surface area contributed by atoms with Crippen LogP contribution in [0.1, 0.15) is 45.8 Å². The van der Waals surface area contributed by atoms with Crippen LogP contribution in [0.15, 0.2) is 36.4 Å². The highest BCUT2D eigenvalue weighted by atomic mass is 16.2. The molecule has 2 aliphatic rings. The van der Waals surface area contributed by atoms with E-state index in [1.807, 2.05) is 40.1 Å². The molecule has 6 heteroatoms. The van der Waals surface area contributed by atoms with E-state index in [0.717, 1.165) is 31.5 Å². The van der Waals surface area contributed by atoms with E-state index in [0.29, 0.717) is 31.0 Å². The molecule has 0 unspecified atom stereocenters. The van der Waals surface area contributed by atoms with Crippen LogP contribution < -0.4 is 0 Å². The smallest absolute Gasteiger partial charge is 0.274 e. The molecule has 1 aromatic heterocycles. The summed E-state index contributed by atoms with van der Waals surface area (Å²) in [7, 11) is 0. The summed E-state index contributed by atoms with van der Waals surface area (Å²) < 4.78 is 1.68. The molecule has 1 saturated heterocycles. The third-order valence-corrected chi connectivity index (χ3v) is 4.95. The Morgan fingerprint density at radius 3 is 2.52 bits per heavy atom. The molecular formula is C19H22N4O2. The lowest BCUT2D eigenvalue weighted by atomic mass is 10.1. The Hall–Kier alpha value is -2.63. The van der Waals surface area contributed by atoms with Gasteiger partial charge in [-0.1, -0.05) is 30.3 Å². The number of carbonyl (C=O) groups excluding carboxylic acids is 2. The molecule has 130 valence electrons. The number of aromatic nitrogens is 2. The van der Waals surface area contributed by atoms with Gasteiger partial charge in [0.05, 0.1) is 6.54 Å². The van der Waals surface area contributed by atoms with Crippen molar-refractivity contribution in [3.05, 3.63) is 53.3 Å². The van der Waals surface area contributed by atoms with Crippen LogP contribution >= 0.6 is 0 Å². The summed E-state index contributed by atoms with van der Waals surface area (Å²) >= 11 is 0. The summed E-state index contributed by atoms with van der Waals surface area (Å²) in [5.74, 6) is -0.107. The molecule has 4 rings (SSSR count). The second-order valence-corrected chi connectivity index (χ2v) is 6.70. The number of rotatable bonds is 3. The Bertz CT molecular complexity index is 778. The molecule has 0 spiro atoms. The minimum absolute atomic E-state index is 0.0518. The molecule has 2 aromatic rings. The Morgan fingerprint density at radius 1 is 1.00 bits per heavy atom. The number of hydrogen-bond donors (Lipinski definition) is 0. The van der Waals surface area contributed by atoms with Crippen LogP contribution in [-0.4, -0.2) is 51.0 Å². The summed E-state index contributed by atoms with van der Waals surface area (Å²) in [4.78, 5) is 29.1. The highest BCUT2D eigenvalue weighted by Gasteiger charge is 2.29. The number of hydrogen-bond acceptors (Lipinski definition) is 3. The summed E-state index contributed by atoms with van der Waals surface area (Å²) in [5, 5.41) is 4.40. The average Bonchev–Trinajstić information content (AvgIpc) is 3.10. The molecule has 0 atom stereocenters. The predicted octanol–water partition coefficient (Wildman–Crippen LogP) is 2.17. The molecule has 2 amide bonds. The zero-order valence-corrected chi connectivity index (χ0v) is 14.2. The van der Waals surface area contributed by atoms with Gasteiger partial charge in [0.25, 0.3) is 11.8 Å². The Labute approximate surface area is 147 Å². The van der Waals surface area contributed by atoms with Crippen LogP contribution in [0, 0.1) is 0 Å². The highest BCUT2D eigenvalue weighted by Crippen LogP contribution is 2.19. The number of benzene rings is 1. The van der Waals surface area contributed by atoms with Crippen LogP contribution in [0.3, 0.4) is 0 Å². The van der Waals surface area contributed by atoms with Gasteiger partial charge in [0, 0.05) is 32.2 Å². The van der Waals surface area contributed by atoms with Gasteiger partial charge in [0.2, 0.25) is 0 Å². The van der Waals surface area contributed by atoms with Gasteiger partial charge in [-0.05, 0) is 24.8 Å². The lowest BCUT2D eigenvalue weighted by molar-refractivity contribution is 0.0679. The largest absolute Gasteiger partial charge is 0.337 e. The van der Waals surface area contributed by atoms with Crippen molar-refractivity contribution in [2.45, 2.75) is 32.4 Å². The van der Waals surface area contributed by atoms with E-state index in [1.165, 1.54) is 6.42 Å². The SMILES string of the molecule is O=C(c1cc2n(n1)CCN(Cc1ccccc1)C2=O)N1CCCCC1. The molecule has 2 aliphatic heterocycles. The molecule has 1 aromatic carbocycles. The van der Waals surface area contributed by atoms with Gasteiger partial charge in [-0.2, -0.15) is 5.10 Å². The highest BCUT2D eigenvalue weighted by molar-refractivity contribution is 5.98. The second kappa shape index (κ2) is 6.70. The first kappa shape index (κ1) is 15.9. The van der Waals surface area contributed by atoms with Crippen LogP contribution in [0.5, 0.6) is 0 Å². The van der Waals surface area contributed by atoms with E-state index in [2.05, 4.69) is 5.10 Å². The fraction of sp³-hybridized carbons (Fsp3) is 0.421. The van der Waals surface area contributed by atoms with E-state index in [9.17, 15) is 9.59 Å². The summed E-state index contributed by atoms with van der Waals surface area (Å²) in [6.07, 6.45) is 3.27. The van der Waals surface area contributed by atoms with Crippen LogP contribution in [0.25, 0.3) is 0 Å². The van der Waals surface area contributed by atoms with E-state index in [4.69, 9.17) is 0 Å². The van der Waals surface area contributed by atoms with Gasteiger partial charge in [-0.25, -0.2) is 0 Å². The topological polar surface area (TPSA) is 58.4 Å². The van der Waals surface area contributed by atoms with E-state index in [1.54, 1.807) is 10.7 Å². The number of amides is 2. The van der Waals surface area contributed by atoms with E-state index < -0.39 is 0 Å². The summed E-state index contributed by atoms with van der Waals surface area (Å²) in [6, 6.07) is 11.6. The first-order chi connectivity index (χ1) is 12.2. The molecule has 3 heterocycles. The standard InChI is InChI=1S/C19H22N4O2/c24-18(21-9-5-2-6-10-21)16-13-17-19(25)22(11-12-23(17)20-16)14-15-7-3-1-4-8-15/h1,3-4,7-8,13H,2,5-6,9-12,14H2. The molecule has 0 aliphatic carbocycles. The fourth-order valence-electron chi connectivity index (χ4n) is 3.56. The minimum atomic E-state index is -0.0553. The maximum absolute atomic E-state index is 12.8. The van der Waals surface area contributed by atoms with Crippen molar-refractivity contribution in [2.75, 3.05) is 19.6 Å². The fourth-order valence-corrected chi connectivity index (χ4v) is 3.56. The van der Waals surface area contributed by atoms with Crippen LogP contribution in [0.2, 0.25) is 0 Å². The van der Waals surface area contributed by atoms with Gasteiger partial charge < -0.3 is 9.80 Å². The van der Waals surface area contributed by atoms with Crippen LogP contribution in [0.4, 0.5) is 0 Å². The Balaban J connectivity index is 1.51. The Morgan fingerprint density at radius 2 is 1.76 bits per heavy atom. The van der Waals surface area contributed by atoms with Gasteiger partial charge in [-0.3, -0.25) is 14.3 Å². The zero-order valence-electron chi connectivity index (χ0n) is 14.2.